The molecule has 0 aromatic heterocycles. The molecule has 0 unspecified atom stereocenters. The Kier molecular flexibility index (Phi) is 2.85. The van der Waals surface area contributed by atoms with Crippen molar-refractivity contribution in [2.24, 2.45) is 0 Å². The summed E-state index contributed by atoms with van der Waals surface area (Å²) < 4.78 is 61.1. The van der Waals surface area contributed by atoms with Crippen LogP contribution in [0.5, 0.6) is 0 Å². The summed E-state index contributed by atoms with van der Waals surface area (Å²) in [6.45, 7) is 0. The Balaban J connectivity index is 3.02. The molecule has 0 bridgehead atoms. The third-order valence-electron chi connectivity index (χ3n) is 1.54. The first-order valence-electron chi connectivity index (χ1n) is 3.46. The minimum Gasteiger partial charge on any atom is -0.188 e. The van der Waals surface area contributed by atoms with Crippen molar-refractivity contribution in [2.75, 3.05) is 0 Å². The van der Waals surface area contributed by atoms with E-state index in [9.17, 15) is 22.0 Å². The Bertz CT molecular complexity index is 275. The Labute approximate surface area is 84.9 Å². The predicted molar refractivity (Wildman–Crippen MR) is 44.3 cm³/mol. The number of hydrogen-bond donors (Lipinski definition) is 0. The van der Waals surface area contributed by atoms with Gasteiger partial charge in [-0.15, -0.1) is 0 Å². The van der Waals surface area contributed by atoms with E-state index in [-0.39, 0.29) is 0 Å². The van der Waals surface area contributed by atoms with E-state index in [0.717, 1.165) is 12.1 Å². The van der Waals surface area contributed by atoms with Crippen LogP contribution >= 0.6 is 15.9 Å². The molecule has 0 N–H and O–H groups in total. The molecule has 1 rings (SSSR count). The summed E-state index contributed by atoms with van der Waals surface area (Å²) in [5.41, 5.74) is -1.46. The molecule has 1 aromatic rings. The van der Waals surface area contributed by atoms with Crippen LogP contribution in [-0.2, 0) is 11.0 Å². The lowest BCUT2D eigenvalue weighted by Gasteiger charge is -2.10. The minimum atomic E-state index is -4.50. The van der Waals surface area contributed by atoms with Crippen molar-refractivity contribution in [3.63, 3.8) is 0 Å². The average Bonchev–Trinajstić information content (AvgIpc) is 2.01. The fourth-order valence-corrected chi connectivity index (χ4v) is 1.11. The molecule has 0 amide bonds. The normalized spacial score (nSPS) is 13.0. The summed E-state index contributed by atoms with van der Waals surface area (Å²) >= 11 is 2.05. The second kappa shape index (κ2) is 3.49. The minimum absolute atomic E-state index is 0.509. The highest BCUT2D eigenvalue weighted by Gasteiger charge is 2.32. The van der Waals surface area contributed by atoms with Gasteiger partial charge in [0.25, 0.3) is 0 Å². The largest absolute Gasteiger partial charge is 0.416 e. The van der Waals surface area contributed by atoms with E-state index < -0.39 is 22.1 Å². The number of benzene rings is 1. The zero-order valence-corrected chi connectivity index (χ0v) is 8.16. The smallest absolute Gasteiger partial charge is 0.188 e. The van der Waals surface area contributed by atoms with Crippen LogP contribution in [0.4, 0.5) is 22.0 Å². The summed E-state index contributed by atoms with van der Waals surface area (Å²) in [6, 6.07) is 2.70. The second-order valence-corrected chi connectivity index (χ2v) is 3.57. The number of rotatable bonds is 1. The molecular weight excluding hydrogens is 271 g/mol. The van der Waals surface area contributed by atoms with Crippen molar-refractivity contribution in [3.05, 3.63) is 35.4 Å². The van der Waals surface area contributed by atoms with Gasteiger partial charge < -0.3 is 0 Å². The molecule has 0 aliphatic rings. The fraction of sp³-hybridized carbons (Fsp3) is 0.250. The Morgan fingerprint density at radius 1 is 0.786 bits per heavy atom. The van der Waals surface area contributed by atoms with Gasteiger partial charge in [-0.25, -0.2) is 0 Å². The lowest BCUT2D eigenvalue weighted by atomic mass is 10.1. The van der Waals surface area contributed by atoms with Crippen LogP contribution in [0.15, 0.2) is 24.3 Å². The van der Waals surface area contributed by atoms with Crippen molar-refractivity contribution in [2.45, 2.75) is 11.0 Å². The lowest BCUT2D eigenvalue weighted by Crippen LogP contribution is -2.07. The van der Waals surface area contributed by atoms with Gasteiger partial charge in [0.1, 0.15) is 0 Å². The number of hydrogen-bond acceptors (Lipinski definition) is 0. The SMILES string of the molecule is FC(F)(F)c1ccc(C(F)(F)Br)cc1. The first-order valence-corrected chi connectivity index (χ1v) is 4.25. The van der Waals surface area contributed by atoms with E-state index in [1.807, 2.05) is 15.9 Å². The molecule has 0 radical (unpaired) electrons. The van der Waals surface area contributed by atoms with Crippen LogP contribution in [0.3, 0.4) is 0 Å². The number of alkyl halides is 6. The van der Waals surface area contributed by atoms with Gasteiger partial charge >= 0.3 is 11.0 Å². The van der Waals surface area contributed by atoms with Crippen LogP contribution < -0.4 is 0 Å². The van der Waals surface area contributed by atoms with Crippen molar-refractivity contribution in [3.8, 4) is 0 Å². The van der Waals surface area contributed by atoms with Gasteiger partial charge in [0.2, 0.25) is 0 Å². The molecule has 0 spiro atoms. The maximum absolute atomic E-state index is 12.5. The monoisotopic (exact) mass is 274 g/mol. The lowest BCUT2D eigenvalue weighted by molar-refractivity contribution is -0.137. The molecule has 0 nitrogen and oxygen atoms in total. The maximum Gasteiger partial charge on any atom is 0.416 e. The topological polar surface area (TPSA) is 0 Å². The quantitative estimate of drug-likeness (QED) is 0.533. The third-order valence-corrected chi connectivity index (χ3v) is 2.00. The molecule has 0 aliphatic carbocycles. The van der Waals surface area contributed by atoms with E-state index in [1.54, 1.807) is 0 Å². The summed E-state index contributed by atoms with van der Waals surface area (Å²) in [6.07, 6.45) is -4.50. The van der Waals surface area contributed by atoms with Crippen LogP contribution in [0.2, 0.25) is 0 Å². The van der Waals surface area contributed by atoms with Gasteiger partial charge in [-0.3, -0.25) is 0 Å². The van der Waals surface area contributed by atoms with Gasteiger partial charge in [-0.05, 0) is 28.1 Å². The molecule has 0 saturated heterocycles. The maximum atomic E-state index is 12.5. The summed E-state index contributed by atoms with van der Waals surface area (Å²) in [7, 11) is 0. The van der Waals surface area contributed by atoms with Crippen LogP contribution in [0.25, 0.3) is 0 Å². The molecule has 6 heteroatoms. The van der Waals surface area contributed by atoms with Crippen molar-refractivity contribution in [1.29, 1.82) is 0 Å². The molecule has 0 aliphatic heterocycles. The Morgan fingerprint density at radius 3 is 1.43 bits per heavy atom. The zero-order valence-electron chi connectivity index (χ0n) is 6.58. The first-order chi connectivity index (χ1) is 6.21. The van der Waals surface area contributed by atoms with Crippen LogP contribution in [0, 0.1) is 0 Å². The molecule has 0 saturated carbocycles. The Hall–Kier alpha value is -0.650. The van der Waals surface area contributed by atoms with Gasteiger partial charge in [0.15, 0.2) is 0 Å². The van der Waals surface area contributed by atoms with E-state index in [0.29, 0.717) is 12.1 Å². The van der Waals surface area contributed by atoms with E-state index in [4.69, 9.17) is 0 Å². The standard InChI is InChI=1S/C8H4BrF5/c9-7(10,11)5-1-3-6(4-2-5)8(12,13)14/h1-4H. The average molecular weight is 275 g/mol. The summed E-state index contributed by atoms with van der Waals surface area (Å²) in [5, 5.41) is 0. The Morgan fingerprint density at radius 2 is 1.14 bits per heavy atom. The molecule has 0 atom stereocenters. The molecule has 78 valence electrons. The van der Waals surface area contributed by atoms with Crippen LogP contribution in [0.1, 0.15) is 11.1 Å². The first kappa shape index (κ1) is 11.4. The third kappa shape index (κ3) is 2.67. The summed E-state index contributed by atoms with van der Waals surface area (Å²) in [5.74, 6) is 0. The van der Waals surface area contributed by atoms with Crippen molar-refractivity contribution >= 4 is 15.9 Å². The fourth-order valence-electron chi connectivity index (χ4n) is 0.848. The van der Waals surface area contributed by atoms with Gasteiger partial charge in [-0.1, -0.05) is 12.1 Å². The van der Waals surface area contributed by atoms with Gasteiger partial charge in [0, 0.05) is 5.56 Å². The van der Waals surface area contributed by atoms with E-state index in [1.165, 1.54) is 0 Å². The highest BCUT2D eigenvalue weighted by molar-refractivity contribution is 9.09. The highest BCUT2D eigenvalue weighted by Crippen LogP contribution is 2.36. The van der Waals surface area contributed by atoms with Gasteiger partial charge in [-0.2, -0.15) is 22.0 Å². The van der Waals surface area contributed by atoms with Crippen LogP contribution in [-0.4, -0.2) is 0 Å². The molecule has 0 heterocycles. The molecular formula is C8H4BrF5. The van der Waals surface area contributed by atoms with Gasteiger partial charge in [0.05, 0.1) is 5.56 Å². The molecule has 0 fully saturated rings. The van der Waals surface area contributed by atoms with E-state index >= 15 is 0 Å². The zero-order chi connectivity index (χ0) is 11.0. The van der Waals surface area contributed by atoms with E-state index in [2.05, 4.69) is 0 Å². The van der Waals surface area contributed by atoms with Crippen molar-refractivity contribution < 1.29 is 22.0 Å². The predicted octanol–water partition coefficient (Wildman–Crippen LogP) is 4.15. The summed E-state index contributed by atoms with van der Waals surface area (Å²) in [4.78, 5) is -3.29. The second-order valence-electron chi connectivity index (χ2n) is 2.57. The van der Waals surface area contributed by atoms with Crippen molar-refractivity contribution in [1.82, 2.24) is 0 Å². The number of halogens is 6. The molecule has 14 heavy (non-hydrogen) atoms. The molecule has 1 aromatic carbocycles. The highest BCUT2D eigenvalue weighted by atomic mass is 79.9.